The summed E-state index contributed by atoms with van der Waals surface area (Å²) < 4.78 is 13.3. The van der Waals surface area contributed by atoms with E-state index in [0.29, 0.717) is 41.3 Å². The SMILES string of the molecule is CNc1ncc(Cl)cc1C(=O)N(CCc1ccc(F)cc1)Cc1cc2c(s1)CCC(C)(C)C2. The molecule has 1 aliphatic rings. The van der Waals surface area contributed by atoms with Crippen molar-refractivity contribution < 1.29 is 9.18 Å². The van der Waals surface area contributed by atoms with E-state index in [2.05, 4.69) is 30.2 Å². The molecule has 0 unspecified atom stereocenters. The standard InChI is InChI=1S/C26H29ClFN3OS/c1-26(2)10-8-23-18(14-26)12-21(33-23)16-31(11-9-17-4-6-20(28)7-5-17)25(32)22-13-19(27)15-30-24(22)29-3/h4-7,12-13,15H,8-11,14,16H2,1-3H3,(H,29,30). The minimum atomic E-state index is -0.262. The molecule has 7 heteroatoms. The molecule has 2 aromatic heterocycles. The Morgan fingerprint density at radius 1 is 1.27 bits per heavy atom. The van der Waals surface area contributed by atoms with E-state index in [1.54, 1.807) is 25.2 Å². The quantitative estimate of drug-likeness (QED) is 0.422. The first-order valence-corrected chi connectivity index (χ1v) is 12.4. The van der Waals surface area contributed by atoms with Crippen LogP contribution in [0, 0.1) is 11.2 Å². The van der Waals surface area contributed by atoms with Gasteiger partial charge < -0.3 is 10.2 Å². The summed E-state index contributed by atoms with van der Waals surface area (Å²) in [6, 6.07) is 10.4. The summed E-state index contributed by atoms with van der Waals surface area (Å²) >= 11 is 7.98. The molecule has 0 atom stereocenters. The molecule has 174 valence electrons. The van der Waals surface area contributed by atoms with Crippen molar-refractivity contribution in [3.05, 3.63) is 79.9 Å². The lowest BCUT2D eigenvalue weighted by molar-refractivity contribution is 0.0747. The number of nitrogens with one attached hydrogen (secondary N) is 1. The van der Waals surface area contributed by atoms with Crippen molar-refractivity contribution in [2.75, 3.05) is 18.9 Å². The third-order valence-corrected chi connectivity index (χ3v) is 7.61. The van der Waals surface area contributed by atoms with Crippen LogP contribution < -0.4 is 5.32 Å². The van der Waals surface area contributed by atoms with Crippen molar-refractivity contribution in [2.45, 2.75) is 46.1 Å². The number of carbonyl (C=O) groups excluding carboxylic acids is 1. The number of nitrogens with zero attached hydrogens (tertiary/aromatic N) is 2. The second kappa shape index (κ2) is 9.82. The molecule has 1 aliphatic carbocycles. The van der Waals surface area contributed by atoms with Crippen LogP contribution in [0.2, 0.25) is 5.02 Å². The first-order chi connectivity index (χ1) is 15.7. The number of amides is 1. The van der Waals surface area contributed by atoms with Crippen LogP contribution in [0.5, 0.6) is 0 Å². The van der Waals surface area contributed by atoms with Gasteiger partial charge in [0.05, 0.1) is 17.1 Å². The van der Waals surface area contributed by atoms with E-state index in [1.165, 1.54) is 40.1 Å². The molecule has 0 spiro atoms. The molecule has 0 saturated carbocycles. The molecule has 0 saturated heterocycles. The molecule has 1 N–H and O–H groups in total. The van der Waals surface area contributed by atoms with E-state index in [-0.39, 0.29) is 11.7 Å². The van der Waals surface area contributed by atoms with E-state index in [9.17, 15) is 9.18 Å². The highest BCUT2D eigenvalue weighted by Crippen LogP contribution is 2.39. The molecule has 2 heterocycles. The number of benzene rings is 1. The van der Waals surface area contributed by atoms with Gasteiger partial charge in [-0.05, 0) is 66.5 Å². The Hall–Kier alpha value is -2.44. The molecular weight excluding hydrogens is 457 g/mol. The van der Waals surface area contributed by atoms with Gasteiger partial charge in [0, 0.05) is 29.5 Å². The lowest BCUT2D eigenvalue weighted by Crippen LogP contribution is -2.33. The second-order valence-corrected chi connectivity index (χ2v) is 11.1. The smallest absolute Gasteiger partial charge is 0.257 e. The Bertz CT molecular complexity index is 1140. The fourth-order valence-corrected chi connectivity index (χ4v) is 5.71. The number of hydrogen-bond donors (Lipinski definition) is 1. The Labute approximate surface area is 203 Å². The molecule has 4 rings (SSSR count). The first-order valence-electron chi connectivity index (χ1n) is 11.2. The predicted octanol–water partition coefficient (Wildman–Crippen LogP) is 6.38. The highest BCUT2D eigenvalue weighted by Gasteiger charge is 2.28. The average molecular weight is 486 g/mol. The van der Waals surface area contributed by atoms with Gasteiger partial charge >= 0.3 is 0 Å². The monoisotopic (exact) mass is 485 g/mol. The Balaban J connectivity index is 1.60. The number of pyridine rings is 1. The molecular formula is C26H29ClFN3OS. The fourth-order valence-electron chi connectivity index (χ4n) is 4.35. The van der Waals surface area contributed by atoms with Gasteiger partial charge in [0.25, 0.3) is 5.91 Å². The number of anilines is 1. The molecule has 1 aromatic carbocycles. The molecule has 1 amide bonds. The van der Waals surface area contributed by atoms with Gasteiger partial charge in [-0.15, -0.1) is 11.3 Å². The fraction of sp³-hybridized carbons (Fsp3) is 0.385. The van der Waals surface area contributed by atoms with Crippen LogP contribution >= 0.6 is 22.9 Å². The number of aromatic nitrogens is 1. The summed E-state index contributed by atoms with van der Waals surface area (Å²) in [5, 5.41) is 3.42. The van der Waals surface area contributed by atoms with Crippen molar-refractivity contribution in [3.63, 3.8) is 0 Å². The summed E-state index contributed by atoms with van der Waals surface area (Å²) in [4.78, 5) is 22.4. The van der Waals surface area contributed by atoms with Crippen LogP contribution in [0.4, 0.5) is 10.2 Å². The number of rotatable bonds is 7. The maximum Gasteiger partial charge on any atom is 0.257 e. The lowest BCUT2D eigenvalue weighted by Gasteiger charge is -2.29. The third kappa shape index (κ3) is 5.74. The number of hydrogen-bond acceptors (Lipinski definition) is 4. The average Bonchev–Trinajstić information content (AvgIpc) is 3.17. The van der Waals surface area contributed by atoms with Gasteiger partial charge in [-0.2, -0.15) is 0 Å². The van der Waals surface area contributed by atoms with Gasteiger partial charge in [-0.25, -0.2) is 9.37 Å². The van der Waals surface area contributed by atoms with Gasteiger partial charge in [-0.1, -0.05) is 37.6 Å². The van der Waals surface area contributed by atoms with Crippen LogP contribution in [0.15, 0.2) is 42.6 Å². The molecule has 0 fully saturated rings. The zero-order valence-electron chi connectivity index (χ0n) is 19.3. The van der Waals surface area contributed by atoms with Crippen molar-refractivity contribution in [1.82, 2.24) is 9.88 Å². The van der Waals surface area contributed by atoms with E-state index in [0.717, 1.165) is 18.4 Å². The lowest BCUT2D eigenvalue weighted by atomic mass is 9.77. The highest BCUT2D eigenvalue weighted by atomic mass is 35.5. The first kappa shape index (κ1) is 23.7. The minimum Gasteiger partial charge on any atom is -0.372 e. The van der Waals surface area contributed by atoms with E-state index >= 15 is 0 Å². The van der Waals surface area contributed by atoms with Gasteiger partial charge in [0.2, 0.25) is 0 Å². The Morgan fingerprint density at radius 2 is 2.03 bits per heavy atom. The normalized spacial score (nSPS) is 14.6. The number of halogens is 2. The van der Waals surface area contributed by atoms with Crippen molar-refractivity contribution in [3.8, 4) is 0 Å². The molecule has 4 nitrogen and oxygen atoms in total. The molecule has 0 radical (unpaired) electrons. The zero-order chi connectivity index (χ0) is 23.6. The van der Waals surface area contributed by atoms with Crippen LogP contribution in [0.3, 0.4) is 0 Å². The summed E-state index contributed by atoms with van der Waals surface area (Å²) in [6.45, 7) is 5.66. The molecule has 33 heavy (non-hydrogen) atoms. The van der Waals surface area contributed by atoms with E-state index in [1.807, 2.05) is 16.2 Å². The summed E-state index contributed by atoms with van der Waals surface area (Å²) in [5.41, 5.74) is 3.17. The highest BCUT2D eigenvalue weighted by molar-refractivity contribution is 7.12. The maximum absolute atomic E-state index is 13.6. The largest absolute Gasteiger partial charge is 0.372 e. The van der Waals surface area contributed by atoms with E-state index < -0.39 is 0 Å². The third-order valence-electron chi connectivity index (χ3n) is 6.18. The van der Waals surface area contributed by atoms with Gasteiger partial charge in [-0.3, -0.25) is 4.79 Å². The van der Waals surface area contributed by atoms with Crippen molar-refractivity contribution in [2.24, 2.45) is 5.41 Å². The number of carbonyl (C=O) groups is 1. The van der Waals surface area contributed by atoms with Crippen molar-refractivity contribution >= 4 is 34.7 Å². The zero-order valence-corrected chi connectivity index (χ0v) is 20.8. The Kier molecular flexibility index (Phi) is 7.05. The molecule has 0 aliphatic heterocycles. The molecule has 0 bridgehead atoms. The van der Waals surface area contributed by atoms with Crippen LogP contribution in [0.25, 0.3) is 0 Å². The minimum absolute atomic E-state index is 0.122. The van der Waals surface area contributed by atoms with Crippen LogP contribution in [-0.4, -0.2) is 29.4 Å². The maximum atomic E-state index is 13.6. The molecule has 3 aromatic rings. The van der Waals surface area contributed by atoms with Gasteiger partial charge in [0.1, 0.15) is 11.6 Å². The number of aryl methyl sites for hydroxylation is 1. The summed E-state index contributed by atoms with van der Waals surface area (Å²) in [5.74, 6) is 0.119. The number of thiophene rings is 1. The number of fused-ring (bicyclic) bond motifs is 1. The van der Waals surface area contributed by atoms with Gasteiger partial charge in [0.15, 0.2) is 0 Å². The second-order valence-electron chi connectivity index (χ2n) is 9.40. The summed E-state index contributed by atoms with van der Waals surface area (Å²) in [6.07, 6.45) is 5.52. The van der Waals surface area contributed by atoms with Crippen molar-refractivity contribution in [1.29, 1.82) is 0 Å². The van der Waals surface area contributed by atoms with Crippen LogP contribution in [-0.2, 0) is 25.8 Å². The topological polar surface area (TPSA) is 45.2 Å². The summed E-state index contributed by atoms with van der Waals surface area (Å²) in [7, 11) is 1.74. The predicted molar refractivity (Wildman–Crippen MR) is 134 cm³/mol. The Morgan fingerprint density at radius 3 is 2.76 bits per heavy atom. The van der Waals surface area contributed by atoms with Crippen LogP contribution in [0.1, 0.15) is 51.5 Å². The van der Waals surface area contributed by atoms with E-state index in [4.69, 9.17) is 11.6 Å².